The fraction of sp³-hybridized carbons (Fsp3) is 1.00. The van der Waals surface area contributed by atoms with Gasteiger partial charge in [0.25, 0.3) is 0 Å². The molecule has 0 radical (unpaired) electrons. The van der Waals surface area contributed by atoms with Crippen LogP contribution < -0.4 is 0 Å². The van der Waals surface area contributed by atoms with Gasteiger partial charge in [0.05, 0.1) is 0 Å². The summed E-state index contributed by atoms with van der Waals surface area (Å²) in [5.74, 6) is 3.10. The zero-order valence-electron chi connectivity index (χ0n) is 10.1. The van der Waals surface area contributed by atoms with Crippen molar-refractivity contribution in [3.8, 4) is 0 Å². The second kappa shape index (κ2) is 5.70. The van der Waals surface area contributed by atoms with Crippen LogP contribution in [0.5, 0.6) is 0 Å². The van der Waals surface area contributed by atoms with Crippen LogP contribution in [0.2, 0.25) is 0 Å². The molecule has 0 spiro atoms. The van der Waals surface area contributed by atoms with Crippen LogP contribution in [0.1, 0.15) is 64.7 Å². The number of rotatable bonds is 3. The van der Waals surface area contributed by atoms with E-state index >= 15 is 0 Å². The molecule has 2 aliphatic rings. The molecular weight excluding hydrogens is 248 g/mol. The van der Waals surface area contributed by atoms with Gasteiger partial charge in [0.1, 0.15) is 0 Å². The topological polar surface area (TPSA) is 0 Å². The van der Waals surface area contributed by atoms with Crippen molar-refractivity contribution in [1.82, 2.24) is 0 Å². The summed E-state index contributed by atoms with van der Waals surface area (Å²) in [6.07, 6.45) is 13.4. The third-order valence-electron chi connectivity index (χ3n) is 4.69. The highest BCUT2D eigenvalue weighted by molar-refractivity contribution is 9.09. The second-order valence-electron chi connectivity index (χ2n) is 5.75. The van der Waals surface area contributed by atoms with Gasteiger partial charge in [-0.3, -0.25) is 0 Å². The van der Waals surface area contributed by atoms with Crippen molar-refractivity contribution in [2.24, 2.45) is 17.8 Å². The summed E-state index contributed by atoms with van der Waals surface area (Å²) >= 11 is 3.92. The van der Waals surface area contributed by atoms with Gasteiger partial charge in [-0.2, -0.15) is 0 Å². The molecule has 0 aliphatic heterocycles. The van der Waals surface area contributed by atoms with Crippen LogP contribution in [-0.4, -0.2) is 4.83 Å². The van der Waals surface area contributed by atoms with Gasteiger partial charge >= 0.3 is 0 Å². The highest BCUT2D eigenvalue weighted by Crippen LogP contribution is 2.41. The first-order valence-electron chi connectivity index (χ1n) is 6.93. The number of hydrogen-bond acceptors (Lipinski definition) is 0. The molecule has 0 aromatic heterocycles. The molecule has 0 aromatic carbocycles. The van der Waals surface area contributed by atoms with E-state index < -0.39 is 0 Å². The van der Waals surface area contributed by atoms with Gasteiger partial charge in [-0.25, -0.2) is 0 Å². The van der Waals surface area contributed by atoms with Crippen molar-refractivity contribution >= 4 is 15.9 Å². The summed E-state index contributed by atoms with van der Waals surface area (Å²) in [5, 5.41) is 0. The fourth-order valence-corrected chi connectivity index (χ4v) is 4.31. The van der Waals surface area contributed by atoms with Crippen molar-refractivity contribution < 1.29 is 0 Å². The lowest BCUT2D eigenvalue weighted by molar-refractivity contribution is 0.234. The zero-order valence-corrected chi connectivity index (χ0v) is 11.6. The van der Waals surface area contributed by atoms with Crippen LogP contribution >= 0.6 is 15.9 Å². The van der Waals surface area contributed by atoms with Gasteiger partial charge in [-0.15, -0.1) is 0 Å². The highest BCUT2D eigenvalue weighted by atomic mass is 79.9. The molecule has 0 bridgehead atoms. The number of halogens is 1. The Bertz CT molecular complexity index is 184. The normalized spacial score (nSPS) is 38.4. The summed E-state index contributed by atoms with van der Waals surface area (Å²) < 4.78 is 0. The second-order valence-corrected chi connectivity index (χ2v) is 6.93. The lowest BCUT2D eigenvalue weighted by Crippen LogP contribution is -2.26. The molecule has 2 saturated carbocycles. The van der Waals surface area contributed by atoms with E-state index in [0.717, 1.165) is 22.6 Å². The Hall–Kier alpha value is 0.480. The van der Waals surface area contributed by atoms with Crippen LogP contribution in [0, 0.1) is 17.8 Å². The van der Waals surface area contributed by atoms with Crippen LogP contribution in [0.3, 0.4) is 0 Å². The first kappa shape index (κ1) is 12.0. The molecule has 2 aliphatic carbocycles. The summed E-state index contributed by atoms with van der Waals surface area (Å²) in [7, 11) is 0. The Morgan fingerprint density at radius 3 is 2.40 bits per heavy atom. The van der Waals surface area contributed by atoms with Crippen LogP contribution in [0.25, 0.3) is 0 Å². The van der Waals surface area contributed by atoms with Crippen molar-refractivity contribution in [1.29, 1.82) is 0 Å². The maximum atomic E-state index is 3.92. The van der Waals surface area contributed by atoms with Crippen molar-refractivity contribution in [2.75, 3.05) is 0 Å². The highest BCUT2D eigenvalue weighted by Gasteiger charge is 2.30. The van der Waals surface area contributed by atoms with Gasteiger partial charge in [-0.05, 0) is 43.4 Å². The Kier molecular flexibility index (Phi) is 4.54. The zero-order chi connectivity index (χ0) is 10.7. The van der Waals surface area contributed by atoms with Gasteiger partial charge in [0, 0.05) is 4.83 Å². The molecule has 0 N–H and O–H groups in total. The molecule has 0 amide bonds. The van der Waals surface area contributed by atoms with Gasteiger partial charge < -0.3 is 0 Å². The van der Waals surface area contributed by atoms with E-state index in [1.807, 2.05) is 0 Å². The molecule has 2 rings (SSSR count). The quantitative estimate of drug-likeness (QED) is 0.623. The third-order valence-corrected chi connectivity index (χ3v) is 5.89. The summed E-state index contributed by atoms with van der Waals surface area (Å²) in [6, 6.07) is 0. The predicted molar refractivity (Wildman–Crippen MR) is 70.4 cm³/mol. The van der Waals surface area contributed by atoms with E-state index in [2.05, 4.69) is 22.9 Å². The van der Waals surface area contributed by atoms with Gasteiger partial charge in [0.2, 0.25) is 0 Å². The van der Waals surface area contributed by atoms with Crippen molar-refractivity contribution in [2.45, 2.75) is 69.5 Å². The van der Waals surface area contributed by atoms with E-state index in [-0.39, 0.29) is 0 Å². The molecule has 15 heavy (non-hydrogen) atoms. The molecule has 1 heteroatoms. The lowest BCUT2D eigenvalue weighted by Gasteiger charge is -2.34. The summed E-state index contributed by atoms with van der Waals surface area (Å²) in [5.41, 5.74) is 0. The molecule has 0 aromatic rings. The molecule has 0 heterocycles. The van der Waals surface area contributed by atoms with Crippen LogP contribution in [-0.2, 0) is 0 Å². The molecular formula is C14H25Br. The Morgan fingerprint density at radius 1 is 1.00 bits per heavy atom. The fourth-order valence-electron chi connectivity index (χ4n) is 3.61. The van der Waals surface area contributed by atoms with E-state index in [4.69, 9.17) is 0 Å². The van der Waals surface area contributed by atoms with E-state index in [9.17, 15) is 0 Å². The van der Waals surface area contributed by atoms with E-state index in [1.165, 1.54) is 57.8 Å². The number of alkyl halides is 1. The van der Waals surface area contributed by atoms with Gasteiger partial charge in [0.15, 0.2) is 0 Å². The minimum Gasteiger partial charge on any atom is -0.0888 e. The van der Waals surface area contributed by atoms with E-state index in [1.54, 1.807) is 0 Å². The third kappa shape index (κ3) is 3.22. The average molecular weight is 273 g/mol. The Labute approximate surface area is 103 Å². The lowest BCUT2D eigenvalue weighted by atomic mass is 9.76. The first-order valence-corrected chi connectivity index (χ1v) is 7.85. The molecule has 3 unspecified atom stereocenters. The van der Waals surface area contributed by atoms with Gasteiger partial charge in [-0.1, -0.05) is 55.0 Å². The Morgan fingerprint density at radius 2 is 1.73 bits per heavy atom. The maximum absolute atomic E-state index is 3.92. The molecule has 3 atom stereocenters. The van der Waals surface area contributed by atoms with Crippen LogP contribution in [0.4, 0.5) is 0 Å². The SMILES string of the molecule is CCC1CCC(Br)C(CC2CCCC2)C1. The summed E-state index contributed by atoms with van der Waals surface area (Å²) in [6.45, 7) is 2.37. The smallest absolute Gasteiger partial charge is 0.0174 e. The minimum absolute atomic E-state index is 0.834. The molecule has 88 valence electrons. The summed E-state index contributed by atoms with van der Waals surface area (Å²) in [4.78, 5) is 0.834. The maximum Gasteiger partial charge on any atom is 0.0174 e. The van der Waals surface area contributed by atoms with Crippen molar-refractivity contribution in [3.63, 3.8) is 0 Å². The minimum atomic E-state index is 0.834. The average Bonchev–Trinajstić information content (AvgIpc) is 2.74. The Balaban J connectivity index is 1.82. The molecule has 2 fully saturated rings. The first-order chi connectivity index (χ1) is 7.29. The van der Waals surface area contributed by atoms with E-state index in [0.29, 0.717) is 0 Å². The molecule has 0 nitrogen and oxygen atoms in total. The largest absolute Gasteiger partial charge is 0.0888 e. The predicted octanol–water partition coefficient (Wildman–Crippen LogP) is 5.16. The van der Waals surface area contributed by atoms with Crippen LogP contribution in [0.15, 0.2) is 0 Å². The molecule has 0 saturated heterocycles. The monoisotopic (exact) mass is 272 g/mol. The number of hydrogen-bond donors (Lipinski definition) is 0. The standard InChI is InChI=1S/C14H25Br/c1-2-11-7-8-14(15)13(9-11)10-12-5-3-4-6-12/h11-14H,2-10H2,1H3. The van der Waals surface area contributed by atoms with Crippen molar-refractivity contribution in [3.05, 3.63) is 0 Å².